The smallest absolute Gasteiger partial charge is 0.122 e. The third-order valence-corrected chi connectivity index (χ3v) is 14.3. The molecule has 7 rings (SSSR count). The van der Waals surface area contributed by atoms with Gasteiger partial charge in [0.15, 0.2) is 0 Å². The van der Waals surface area contributed by atoms with Crippen molar-refractivity contribution in [2.45, 2.75) is 135 Å². The molecule has 2 bridgehead atoms. The van der Waals surface area contributed by atoms with E-state index in [0.29, 0.717) is 11.8 Å². The maximum absolute atomic E-state index is 9.94. The van der Waals surface area contributed by atoms with Crippen LogP contribution in [0.2, 0.25) is 0 Å². The average molecular weight is 739 g/mol. The number of rotatable bonds is 9. The number of nitrogens with zero attached hydrogens (tertiary/aromatic N) is 2. The van der Waals surface area contributed by atoms with Gasteiger partial charge in [-0.05, 0) is 150 Å². The lowest BCUT2D eigenvalue weighted by Gasteiger charge is -2.49. The molecular formula is C50H62N2OS. The zero-order valence-corrected chi connectivity index (χ0v) is 35.0. The lowest BCUT2D eigenvalue weighted by Crippen LogP contribution is -2.40. The molecule has 3 atom stereocenters. The van der Waals surface area contributed by atoms with Crippen LogP contribution >= 0.6 is 11.8 Å². The number of hydrogen-bond donors (Lipinski definition) is 0. The summed E-state index contributed by atoms with van der Waals surface area (Å²) in [5.74, 6) is 3.54. The number of hydrogen-bond acceptors (Lipinski definition) is 4. The van der Waals surface area contributed by atoms with E-state index in [2.05, 4.69) is 126 Å². The second kappa shape index (κ2) is 15.8. The summed E-state index contributed by atoms with van der Waals surface area (Å²) >= 11 is 1.90. The SMILES string of the molecule is COc1ccc(N2CCCc3cc(/C=C/C4=C(Sc5c(C(C)C)cccc5C(C)C)C(=C/C#N)/CC(C)(C)C4)ccc32)cc1C12CCCC(CC(C)C1)C2. The van der Waals surface area contributed by atoms with Gasteiger partial charge in [0.1, 0.15) is 5.75 Å². The minimum absolute atomic E-state index is 0.0756. The molecule has 1 aliphatic heterocycles. The first-order valence-corrected chi connectivity index (χ1v) is 21.6. The quantitative estimate of drug-likeness (QED) is 0.205. The minimum atomic E-state index is 0.0756. The molecule has 0 radical (unpaired) electrons. The number of thioether (sulfide) groups is 1. The first-order valence-electron chi connectivity index (χ1n) is 20.8. The van der Waals surface area contributed by atoms with E-state index in [0.717, 1.165) is 55.4 Å². The van der Waals surface area contributed by atoms with Gasteiger partial charge in [0, 0.05) is 39.4 Å². The summed E-state index contributed by atoms with van der Waals surface area (Å²) in [6.45, 7) is 17.4. The molecule has 2 saturated carbocycles. The number of aryl methyl sites for hydroxylation is 1. The Morgan fingerprint density at radius 2 is 1.72 bits per heavy atom. The Labute approximate surface area is 331 Å². The molecule has 0 spiro atoms. The number of nitriles is 1. The molecule has 0 aromatic heterocycles. The third kappa shape index (κ3) is 7.86. The van der Waals surface area contributed by atoms with E-state index >= 15 is 0 Å². The average Bonchev–Trinajstić information content (AvgIpc) is 3.14. The van der Waals surface area contributed by atoms with Crippen LogP contribution in [0.4, 0.5) is 11.4 Å². The lowest BCUT2D eigenvalue weighted by molar-refractivity contribution is 0.108. The Kier molecular flexibility index (Phi) is 11.3. The predicted molar refractivity (Wildman–Crippen MR) is 230 cm³/mol. The van der Waals surface area contributed by atoms with Crippen molar-refractivity contribution >= 4 is 29.2 Å². The summed E-state index contributed by atoms with van der Waals surface area (Å²) in [4.78, 5) is 5.19. The third-order valence-electron chi connectivity index (χ3n) is 12.9. The number of methoxy groups -OCH3 is 1. The highest BCUT2D eigenvalue weighted by Gasteiger charge is 2.44. The Balaban J connectivity index is 1.23. The van der Waals surface area contributed by atoms with Gasteiger partial charge in [-0.3, -0.25) is 0 Å². The van der Waals surface area contributed by atoms with Crippen LogP contribution in [0.5, 0.6) is 5.75 Å². The van der Waals surface area contributed by atoms with Crippen LogP contribution in [-0.2, 0) is 11.8 Å². The molecular weight excluding hydrogens is 677 g/mol. The van der Waals surface area contributed by atoms with Crippen molar-refractivity contribution in [3.63, 3.8) is 0 Å². The maximum atomic E-state index is 9.94. The summed E-state index contributed by atoms with van der Waals surface area (Å²) in [6, 6.07) is 23.3. The summed E-state index contributed by atoms with van der Waals surface area (Å²) in [7, 11) is 1.85. The first kappa shape index (κ1) is 38.6. The van der Waals surface area contributed by atoms with Crippen LogP contribution in [0.15, 0.2) is 87.7 Å². The van der Waals surface area contributed by atoms with Crippen LogP contribution in [-0.4, -0.2) is 13.7 Å². The van der Waals surface area contributed by atoms with Crippen molar-refractivity contribution in [2.24, 2.45) is 17.3 Å². The van der Waals surface area contributed by atoms with Crippen molar-refractivity contribution in [3.8, 4) is 11.8 Å². The number of ether oxygens (including phenoxy) is 1. The highest BCUT2D eigenvalue weighted by atomic mass is 32.2. The second-order valence-corrected chi connectivity index (χ2v) is 19.5. The number of allylic oxidation sites excluding steroid dienone is 4. The topological polar surface area (TPSA) is 36.3 Å². The van der Waals surface area contributed by atoms with Crippen LogP contribution in [0.3, 0.4) is 0 Å². The van der Waals surface area contributed by atoms with Crippen molar-refractivity contribution in [1.82, 2.24) is 0 Å². The van der Waals surface area contributed by atoms with E-state index in [1.165, 1.54) is 93.1 Å². The lowest BCUT2D eigenvalue weighted by atomic mass is 9.56. The Morgan fingerprint density at radius 1 is 0.944 bits per heavy atom. The van der Waals surface area contributed by atoms with E-state index in [4.69, 9.17) is 4.74 Å². The summed E-state index contributed by atoms with van der Waals surface area (Å²) < 4.78 is 6.08. The van der Waals surface area contributed by atoms with Gasteiger partial charge in [-0.25, -0.2) is 0 Å². The molecule has 2 fully saturated rings. The first-order chi connectivity index (χ1) is 25.9. The minimum Gasteiger partial charge on any atom is -0.496 e. The van der Waals surface area contributed by atoms with Crippen molar-refractivity contribution < 1.29 is 4.74 Å². The number of benzene rings is 3. The molecule has 3 unspecified atom stereocenters. The summed E-state index contributed by atoms with van der Waals surface area (Å²) in [6.07, 6.45) is 18.6. The van der Waals surface area contributed by atoms with Crippen LogP contribution < -0.4 is 9.64 Å². The molecule has 3 aromatic carbocycles. The molecule has 54 heavy (non-hydrogen) atoms. The molecule has 1 heterocycles. The normalized spacial score (nSPS) is 24.7. The van der Waals surface area contributed by atoms with Crippen LogP contribution in [0.1, 0.15) is 146 Å². The van der Waals surface area contributed by atoms with Crippen LogP contribution in [0.25, 0.3) is 6.08 Å². The van der Waals surface area contributed by atoms with E-state index < -0.39 is 0 Å². The highest BCUT2D eigenvalue weighted by molar-refractivity contribution is 8.03. The number of anilines is 2. The van der Waals surface area contributed by atoms with Gasteiger partial charge in [0.05, 0.1) is 13.2 Å². The Hall–Kier alpha value is -3.68. The molecule has 0 amide bonds. The van der Waals surface area contributed by atoms with Gasteiger partial charge in [0.25, 0.3) is 0 Å². The monoisotopic (exact) mass is 738 g/mol. The van der Waals surface area contributed by atoms with E-state index in [-0.39, 0.29) is 10.8 Å². The largest absolute Gasteiger partial charge is 0.496 e. The summed E-state index contributed by atoms with van der Waals surface area (Å²) in [5.41, 5.74) is 12.4. The second-order valence-electron chi connectivity index (χ2n) is 18.5. The predicted octanol–water partition coefficient (Wildman–Crippen LogP) is 14.2. The van der Waals surface area contributed by atoms with Gasteiger partial charge in [-0.2, -0.15) is 5.26 Å². The highest BCUT2D eigenvalue weighted by Crippen LogP contribution is 2.55. The zero-order valence-electron chi connectivity index (χ0n) is 34.2. The molecule has 3 aliphatic carbocycles. The van der Waals surface area contributed by atoms with Gasteiger partial charge >= 0.3 is 0 Å². The van der Waals surface area contributed by atoms with Gasteiger partial charge in [-0.15, -0.1) is 0 Å². The molecule has 284 valence electrons. The van der Waals surface area contributed by atoms with Gasteiger partial charge in [-0.1, -0.05) is 109 Å². The number of fused-ring (bicyclic) bond motifs is 3. The van der Waals surface area contributed by atoms with Crippen molar-refractivity contribution in [1.29, 1.82) is 5.26 Å². The molecule has 4 aliphatic rings. The van der Waals surface area contributed by atoms with Gasteiger partial charge in [0.2, 0.25) is 0 Å². The van der Waals surface area contributed by atoms with E-state index in [1.807, 2.05) is 24.9 Å². The van der Waals surface area contributed by atoms with E-state index in [9.17, 15) is 5.26 Å². The fourth-order valence-corrected chi connectivity index (χ4v) is 12.2. The fraction of sp³-hybridized carbons (Fsp3) is 0.500. The van der Waals surface area contributed by atoms with Crippen molar-refractivity contribution in [2.75, 3.05) is 18.6 Å². The van der Waals surface area contributed by atoms with Crippen molar-refractivity contribution in [3.05, 3.63) is 111 Å². The molecule has 3 nitrogen and oxygen atoms in total. The fourth-order valence-electron chi connectivity index (χ4n) is 10.6. The zero-order chi connectivity index (χ0) is 38.2. The Bertz CT molecular complexity index is 1980. The van der Waals surface area contributed by atoms with Crippen LogP contribution in [0, 0.1) is 28.6 Å². The standard InChI is InChI=1S/C50H62N2OS/c1-33(2)42-14-9-15-43(34(3)4)48(42)54-47-39(31-49(6,7)32-40(47)22-24-51)18-16-36-17-20-45-38(27-36)13-11-25-52(45)41-19-21-46(53-8)44(28-41)50-23-10-12-37(30-50)26-35(5)29-50/h9,14-22,27-28,33-35,37H,10-13,23,25-26,29-32H2,1-8H3/b18-16+,40-22+. The molecule has 4 heteroatoms. The summed E-state index contributed by atoms with van der Waals surface area (Å²) in [5, 5.41) is 9.94. The molecule has 0 N–H and O–H groups in total. The maximum Gasteiger partial charge on any atom is 0.122 e. The Morgan fingerprint density at radius 3 is 2.44 bits per heavy atom. The van der Waals surface area contributed by atoms with Gasteiger partial charge < -0.3 is 9.64 Å². The van der Waals surface area contributed by atoms with E-state index in [1.54, 1.807) is 0 Å². The molecule has 3 aromatic rings. The molecule has 0 saturated heterocycles.